The third-order valence-corrected chi connectivity index (χ3v) is 5.39. The van der Waals surface area contributed by atoms with E-state index in [0.717, 1.165) is 29.9 Å². The third kappa shape index (κ3) is 5.35. The zero-order valence-corrected chi connectivity index (χ0v) is 13.6. The Bertz CT molecular complexity index is 285. The predicted molar refractivity (Wildman–Crippen MR) is 82.6 cm³/mol. The van der Waals surface area contributed by atoms with Gasteiger partial charge in [-0.3, -0.25) is 4.79 Å². The first-order valence-corrected chi connectivity index (χ1v) is 8.51. The van der Waals surface area contributed by atoms with Crippen LogP contribution in [-0.4, -0.2) is 36.2 Å². The Kier molecular flexibility index (Phi) is 7.22. The topological polar surface area (TPSA) is 38.3 Å². The molecule has 0 aromatic carbocycles. The highest BCUT2D eigenvalue weighted by Crippen LogP contribution is 2.33. The fourth-order valence-electron chi connectivity index (χ4n) is 2.84. The maximum absolute atomic E-state index is 11.9. The van der Waals surface area contributed by atoms with Crippen molar-refractivity contribution in [3.05, 3.63) is 0 Å². The molecule has 1 aliphatic rings. The summed E-state index contributed by atoms with van der Waals surface area (Å²) >= 11 is 2.03. The molecule has 1 saturated carbocycles. The highest BCUT2D eigenvalue weighted by Gasteiger charge is 2.33. The van der Waals surface area contributed by atoms with Crippen molar-refractivity contribution in [1.29, 1.82) is 0 Å². The van der Waals surface area contributed by atoms with E-state index in [1.54, 1.807) is 0 Å². The monoisotopic (exact) mass is 287 g/mol. The fourth-order valence-corrected chi connectivity index (χ4v) is 4.49. The van der Waals surface area contributed by atoms with Crippen molar-refractivity contribution in [2.24, 2.45) is 5.92 Å². The molecule has 0 aromatic rings. The van der Waals surface area contributed by atoms with Gasteiger partial charge in [-0.05, 0) is 44.4 Å². The van der Waals surface area contributed by atoms with Crippen LogP contribution in [-0.2, 0) is 9.53 Å². The normalized spacial score (nSPS) is 26.7. The molecule has 0 bridgehead atoms. The van der Waals surface area contributed by atoms with Crippen LogP contribution in [0.3, 0.4) is 0 Å². The van der Waals surface area contributed by atoms with Crippen LogP contribution in [0.5, 0.6) is 0 Å². The Labute approximate surface area is 122 Å². The number of carbonyl (C=O) groups is 1. The minimum absolute atomic E-state index is 0.146. The van der Waals surface area contributed by atoms with Crippen molar-refractivity contribution >= 4 is 17.7 Å². The smallest absolute Gasteiger partial charge is 0.325 e. The van der Waals surface area contributed by atoms with E-state index < -0.39 is 5.54 Å². The van der Waals surface area contributed by atoms with E-state index in [1.165, 1.54) is 32.8 Å². The van der Waals surface area contributed by atoms with Gasteiger partial charge in [0, 0.05) is 5.25 Å². The molecule has 4 heteroatoms. The number of carbonyl (C=O) groups excluding carboxylic acids is 1. The standard InChI is InChI=1S/C15H29NO2S/c1-5-16-15(3,14(17)18-4)9-10-19-13-8-6-7-12(2)11-13/h12-13,16H,5-11H2,1-4H3. The molecule has 3 atom stereocenters. The van der Waals surface area contributed by atoms with Crippen molar-refractivity contribution in [3.63, 3.8) is 0 Å². The van der Waals surface area contributed by atoms with Gasteiger partial charge in [-0.2, -0.15) is 11.8 Å². The first-order chi connectivity index (χ1) is 9.01. The van der Waals surface area contributed by atoms with E-state index in [1.807, 2.05) is 25.6 Å². The van der Waals surface area contributed by atoms with Crippen molar-refractivity contribution in [2.75, 3.05) is 19.4 Å². The molecule has 112 valence electrons. The molecule has 0 saturated heterocycles. The van der Waals surface area contributed by atoms with E-state index in [0.29, 0.717) is 0 Å². The van der Waals surface area contributed by atoms with Gasteiger partial charge in [0.1, 0.15) is 5.54 Å². The molecule has 3 unspecified atom stereocenters. The number of methoxy groups -OCH3 is 1. The number of esters is 1. The lowest BCUT2D eigenvalue weighted by Gasteiger charge is -2.30. The number of hydrogen-bond acceptors (Lipinski definition) is 4. The first-order valence-electron chi connectivity index (χ1n) is 7.47. The Hall–Kier alpha value is -0.220. The minimum atomic E-state index is -0.531. The molecule has 0 aliphatic heterocycles. The second-order valence-electron chi connectivity index (χ2n) is 5.87. The summed E-state index contributed by atoms with van der Waals surface area (Å²) < 4.78 is 4.92. The van der Waals surface area contributed by atoms with Crippen LogP contribution in [0.4, 0.5) is 0 Å². The summed E-state index contributed by atoms with van der Waals surface area (Å²) in [6.07, 6.45) is 6.25. The van der Waals surface area contributed by atoms with Gasteiger partial charge in [-0.25, -0.2) is 0 Å². The molecule has 0 heterocycles. The maximum Gasteiger partial charge on any atom is 0.325 e. The van der Waals surface area contributed by atoms with Gasteiger partial charge in [0.05, 0.1) is 7.11 Å². The summed E-state index contributed by atoms with van der Waals surface area (Å²) in [6, 6.07) is 0. The van der Waals surface area contributed by atoms with Gasteiger partial charge in [0.2, 0.25) is 0 Å². The van der Waals surface area contributed by atoms with Gasteiger partial charge in [0.25, 0.3) is 0 Å². The highest BCUT2D eigenvalue weighted by atomic mass is 32.2. The number of rotatable bonds is 7. The average molecular weight is 287 g/mol. The molecule has 1 fully saturated rings. The van der Waals surface area contributed by atoms with Crippen LogP contribution in [0.15, 0.2) is 0 Å². The summed E-state index contributed by atoms with van der Waals surface area (Å²) in [4.78, 5) is 11.9. The molecule has 1 N–H and O–H groups in total. The van der Waals surface area contributed by atoms with Gasteiger partial charge < -0.3 is 10.1 Å². The predicted octanol–water partition coefficient (Wildman–Crippen LogP) is 3.23. The van der Waals surface area contributed by atoms with Crippen LogP contribution in [0.25, 0.3) is 0 Å². The summed E-state index contributed by atoms with van der Waals surface area (Å²) in [6.45, 7) is 7.12. The quantitative estimate of drug-likeness (QED) is 0.730. The van der Waals surface area contributed by atoms with Crippen molar-refractivity contribution < 1.29 is 9.53 Å². The number of likely N-dealkylation sites (N-methyl/N-ethyl adjacent to an activating group) is 1. The van der Waals surface area contributed by atoms with Crippen LogP contribution in [0, 0.1) is 5.92 Å². The molecule has 1 aliphatic carbocycles. The second-order valence-corrected chi connectivity index (χ2v) is 7.28. The first kappa shape index (κ1) is 16.8. The summed E-state index contributed by atoms with van der Waals surface area (Å²) in [7, 11) is 1.47. The van der Waals surface area contributed by atoms with Crippen molar-refractivity contribution in [1.82, 2.24) is 5.32 Å². The number of ether oxygens (including phenoxy) is 1. The Morgan fingerprint density at radius 3 is 2.79 bits per heavy atom. The van der Waals surface area contributed by atoms with Gasteiger partial charge in [0.15, 0.2) is 0 Å². The van der Waals surface area contributed by atoms with Crippen molar-refractivity contribution in [3.8, 4) is 0 Å². The van der Waals surface area contributed by atoms with E-state index in [2.05, 4.69) is 12.2 Å². The molecular weight excluding hydrogens is 258 g/mol. The van der Waals surface area contributed by atoms with E-state index in [9.17, 15) is 4.79 Å². The molecule has 3 nitrogen and oxygen atoms in total. The van der Waals surface area contributed by atoms with Crippen LogP contribution >= 0.6 is 11.8 Å². The fraction of sp³-hybridized carbons (Fsp3) is 0.933. The lowest BCUT2D eigenvalue weighted by Crippen LogP contribution is -2.50. The summed E-state index contributed by atoms with van der Waals surface area (Å²) in [5.41, 5.74) is -0.531. The molecule has 0 radical (unpaired) electrons. The summed E-state index contributed by atoms with van der Waals surface area (Å²) in [5.74, 6) is 1.75. The van der Waals surface area contributed by atoms with E-state index >= 15 is 0 Å². The number of thioether (sulfide) groups is 1. The van der Waals surface area contributed by atoms with Crippen LogP contribution in [0.2, 0.25) is 0 Å². The maximum atomic E-state index is 11.9. The third-order valence-electron chi connectivity index (χ3n) is 4.05. The molecule has 1 rings (SSSR count). The number of nitrogens with one attached hydrogen (secondary N) is 1. The average Bonchev–Trinajstić information content (AvgIpc) is 2.38. The molecule has 0 amide bonds. The van der Waals surface area contributed by atoms with Crippen LogP contribution in [0.1, 0.15) is 52.9 Å². The Balaban J connectivity index is 2.37. The molecule has 0 spiro atoms. The second kappa shape index (κ2) is 8.15. The lowest BCUT2D eigenvalue weighted by molar-refractivity contribution is -0.147. The van der Waals surface area contributed by atoms with Gasteiger partial charge >= 0.3 is 5.97 Å². The molecule has 19 heavy (non-hydrogen) atoms. The van der Waals surface area contributed by atoms with Crippen LogP contribution < -0.4 is 5.32 Å². The largest absolute Gasteiger partial charge is 0.468 e. The summed E-state index contributed by atoms with van der Waals surface area (Å²) in [5, 5.41) is 4.05. The SMILES string of the molecule is CCNC(C)(CCSC1CCCC(C)C1)C(=O)OC. The van der Waals surface area contributed by atoms with E-state index in [-0.39, 0.29) is 5.97 Å². The molecular formula is C15H29NO2S. The molecule has 0 aromatic heterocycles. The zero-order valence-electron chi connectivity index (χ0n) is 12.8. The Morgan fingerprint density at radius 2 is 2.21 bits per heavy atom. The van der Waals surface area contributed by atoms with Gasteiger partial charge in [-0.1, -0.05) is 26.7 Å². The zero-order chi connectivity index (χ0) is 14.3. The lowest BCUT2D eigenvalue weighted by atomic mass is 9.91. The Morgan fingerprint density at radius 1 is 1.47 bits per heavy atom. The highest BCUT2D eigenvalue weighted by molar-refractivity contribution is 7.99. The van der Waals surface area contributed by atoms with Crippen molar-refractivity contribution in [2.45, 2.75) is 63.7 Å². The minimum Gasteiger partial charge on any atom is -0.468 e. The van der Waals surface area contributed by atoms with E-state index in [4.69, 9.17) is 4.74 Å². The van der Waals surface area contributed by atoms with Gasteiger partial charge in [-0.15, -0.1) is 0 Å². The number of hydrogen-bond donors (Lipinski definition) is 1.